The molecule has 106 valence electrons. The third kappa shape index (κ3) is 4.20. The van der Waals surface area contributed by atoms with Crippen molar-refractivity contribution in [2.45, 2.75) is 19.8 Å². The molecular weight excluding hydrogens is 276 g/mol. The molecular formula is C13H16N4O2S. The number of hydrogen-bond donors (Lipinski definition) is 2. The Morgan fingerprint density at radius 2 is 2.30 bits per heavy atom. The fourth-order valence-electron chi connectivity index (χ4n) is 1.49. The highest BCUT2D eigenvalue weighted by Crippen LogP contribution is 2.16. The van der Waals surface area contributed by atoms with Crippen LogP contribution in [0.25, 0.3) is 0 Å². The van der Waals surface area contributed by atoms with Gasteiger partial charge < -0.3 is 15.8 Å². The van der Waals surface area contributed by atoms with Crippen LogP contribution in [0.1, 0.15) is 18.4 Å². The predicted octanol–water partition coefficient (Wildman–Crippen LogP) is 2.09. The SMILES string of the molecule is CCc1nnc(NC(=O)CCOc2cccc(N)c2)s1. The number of nitrogens with two attached hydrogens (primary N) is 1. The molecule has 0 fully saturated rings. The second kappa shape index (κ2) is 6.85. The lowest BCUT2D eigenvalue weighted by Crippen LogP contribution is -2.15. The molecule has 6 nitrogen and oxygen atoms in total. The van der Waals surface area contributed by atoms with Crippen LogP contribution in [0.4, 0.5) is 10.8 Å². The molecule has 0 unspecified atom stereocenters. The van der Waals surface area contributed by atoms with Gasteiger partial charge in [0.15, 0.2) is 0 Å². The first-order chi connectivity index (χ1) is 9.67. The predicted molar refractivity (Wildman–Crippen MR) is 78.9 cm³/mol. The summed E-state index contributed by atoms with van der Waals surface area (Å²) in [5.74, 6) is 0.509. The quantitative estimate of drug-likeness (QED) is 0.796. The zero-order chi connectivity index (χ0) is 14.4. The number of hydrogen-bond acceptors (Lipinski definition) is 6. The zero-order valence-corrected chi connectivity index (χ0v) is 11.9. The van der Waals surface area contributed by atoms with E-state index in [0.29, 0.717) is 16.6 Å². The Balaban J connectivity index is 1.75. The van der Waals surface area contributed by atoms with E-state index in [4.69, 9.17) is 10.5 Å². The molecule has 20 heavy (non-hydrogen) atoms. The Kier molecular flexibility index (Phi) is 4.89. The van der Waals surface area contributed by atoms with E-state index in [9.17, 15) is 4.79 Å². The van der Waals surface area contributed by atoms with E-state index in [-0.39, 0.29) is 18.9 Å². The monoisotopic (exact) mass is 292 g/mol. The Morgan fingerprint density at radius 3 is 3.00 bits per heavy atom. The molecule has 0 atom stereocenters. The van der Waals surface area contributed by atoms with Crippen LogP contribution in [-0.2, 0) is 11.2 Å². The maximum atomic E-state index is 11.7. The van der Waals surface area contributed by atoms with Gasteiger partial charge in [0.05, 0.1) is 13.0 Å². The number of benzene rings is 1. The molecule has 0 aliphatic rings. The van der Waals surface area contributed by atoms with Crippen LogP contribution in [0.2, 0.25) is 0 Å². The van der Waals surface area contributed by atoms with Crippen LogP contribution in [0.3, 0.4) is 0 Å². The molecule has 1 aromatic carbocycles. The standard InChI is InChI=1S/C13H16N4O2S/c1-2-12-16-17-13(20-12)15-11(18)6-7-19-10-5-3-4-9(14)8-10/h3-5,8H,2,6-7,14H2,1H3,(H,15,17,18). The number of nitrogen functional groups attached to an aromatic ring is 1. The highest BCUT2D eigenvalue weighted by Gasteiger charge is 2.07. The molecule has 0 saturated heterocycles. The molecule has 1 heterocycles. The first-order valence-corrected chi connectivity index (χ1v) is 7.09. The molecule has 0 spiro atoms. The van der Waals surface area contributed by atoms with Crippen LogP contribution in [-0.4, -0.2) is 22.7 Å². The summed E-state index contributed by atoms with van der Waals surface area (Å²) in [5.41, 5.74) is 6.27. The number of carbonyl (C=O) groups is 1. The molecule has 2 rings (SSSR count). The third-order valence-corrected chi connectivity index (χ3v) is 3.45. The minimum atomic E-state index is -0.146. The number of nitrogens with zero attached hydrogens (tertiary/aromatic N) is 2. The second-order valence-corrected chi connectivity index (χ2v) is 5.14. The lowest BCUT2D eigenvalue weighted by molar-refractivity contribution is -0.116. The van der Waals surface area contributed by atoms with Crippen molar-refractivity contribution in [3.63, 3.8) is 0 Å². The average Bonchev–Trinajstić information content (AvgIpc) is 2.86. The lowest BCUT2D eigenvalue weighted by Gasteiger charge is -2.06. The summed E-state index contributed by atoms with van der Waals surface area (Å²) in [7, 11) is 0. The first kappa shape index (κ1) is 14.3. The van der Waals surface area contributed by atoms with Crippen molar-refractivity contribution in [3.05, 3.63) is 29.3 Å². The molecule has 7 heteroatoms. The number of carbonyl (C=O) groups excluding carboxylic acids is 1. The largest absolute Gasteiger partial charge is 0.493 e. The smallest absolute Gasteiger partial charge is 0.229 e. The fraction of sp³-hybridized carbons (Fsp3) is 0.308. The summed E-state index contributed by atoms with van der Waals surface area (Å²) in [6.45, 7) is 2.28. The number of ether oxygens (including phenoxy) is 1. The fourth-order valence-corrected chi connectivity index (χ4v) is 2.19. The van der Waals surface area contributed by atoms with Gasteiger partial charge in [0, 0.05) is 11.8 Å². The number of rotatable bonds is 6. The van der Waals surface area contributed by atoms with Crippen molar-refractivity contribution >= 4 is 28.1 Å². The molecule has 0 radical (unpaired) electrons. The minimum absolute atomic E-state index is 0.146. The van der Waals surface area contributed by atoms with Crippen LogP contribution in [0.5, 0.6) is 5.75 Å². The maximum Gasteiger partial charge on any atom is 0.229 e. The molecule has 0 aliphatic carbocycles. The van der Waals surface area contributed by atoms with Gasteiger partial charge in [0.25, 0.3) is 0 Å². The number of amides is 1. The molecule has 2 aromatic rings. The molecule has 0 aliphatic heterocycles. The van der Waals surface area contributed by atoms with Gasteiger partial charge in [-0.3, -0.25) is 4.79 Å². The zero-order valence-electron chi connectivity index (χ0n) is 11.1. The molecule has 1 aromatic heterocycles. The van der Waals surface area contributed by atoms with Crippen molar-refractivity contribution in [3.8, 4) is 5.75 Å². The van der Waals surface area contributed by atoms with Gasteiger partial charge in [-0.05, 0) is 18.6 Å². The van der Waals surface area contributed by atoms with E-state index in [1.54, 1.807) is 24.3 Å². The van der Waals surface area contributed by atoms with Crippen LogP contribution >= 0.6 is 11.3 Å². The van der Waals surface area contributed by atoms with E-state index >= 15 is 0 Å². The highest BCUT2D eigenvalue weighted by molar-refractivity contribution is 7.15. The average molecular weight is 292 g/mol. The molecule has 1 amide bonds. The molecule has 0 bridgehead atoms. The van der Waals surface area contributed by atoms with Crippen molar-refractivity contribution in [2.24, 2.45) is 0 Å². The van der Waals surface area contributed by atoms with Gasteiger partial charge in [-0.2, -0.15) is 0 Å². The van der Waals surface area contributed by atoms with E-state index < -0.39 is 0 Å². The van der Waals surface area contributed by atoms with E-state index in [1.165, 1.54) is 11.3 Å². The first-order valence-electron chi connectivity index (χ1n) is 6.28. The molecule has 3 N–H and O–H groups in total. The Bertz CT molecular complexity index is 585. The van der Waals surface area contributed by atoms with Crippen LogP contribution in [0, 0.1) is 0 Å². The number of nitrogens with one attached hydrogen (secondary N) is 1. The van der Waals surface area contributed by atoms with Gasteiger partial charge in [-0.1, -0.05) is 24.3 Å². The normalized spacial score (nSPS) is 10.2. The van der Waals surface area contributed by atoms with Gasteiger partial charge >= 0.3 is 0 Å². The molecule has 0 saturated carbocycles. The van der Waals surface area contributed by atoms with E-state index in [0.717, 1.165) is 11.4 Å². The number of aryl methyl sites for hydroxylation is 1. The topological polar surface area (TPSA) is 90.1 Å². The minimum Gasteiger partial charge on any atom is -0.493 e. The van der Waals surface area contributed by atoms with Gasteiger partial charge in [-0.15, -0.1) is 10.2 Å². The summed E-state index contributed by atoms with van der Waals surface area (Å²) in [4.78, 5) is 11.7. The van der Waals surface area contributed by atoms with Gasteiger partial charge in [-0.25, -0.2) is 0 Å². The second-order valence-electron chi connectivity index (χ2n) is 4.07. The van der Waals surface area contributed by atoms with Crippen LogP contribution in [0.15, 0.2) is 24.3 Å². The summed E-state index contributed by atoms with van der Waals surface area (Å²) in [6.07, 6.45) is 1.06. The maximum absolute atomic E-state index is 11.7. The summed E-state index contributed by atoms with van der Waals surface area (Å²) < 4.78 is 5.45. The summed E-state index contributed by atoms with van der Waals surface area (Å²) in [5, 5.41) is 11.9. The van der Waals surface area contributed by atoms with E-state index in [2.05, 4.69) is 15.5 Å². The van der Waals surface area contributed by atoms with Gasteiger partial charge in [0.2, 0.25) is 11.0 Å². The Morgan fingerprint density at radius 1 is 1.45 bits per heavy atom. The summed E-state index contributed by atoms with van der Waals surface area (Å²) in [6, 6.07) is 7.10. The van der Waals surface area contributed by atoms with Crippen molar-refractivity contribution in [2.75, 3.05) is 17.7 Å². The number of aromatic nitrogens is 2. The lowest BCUT2D eigenvalue weighted by atomic mass is 10.3. The van der Waals surface area contributed by atoms with Crippen molar-refractivity contribution in [1.29, 1.82) is 0 Å². The third-order valence-electron chi connectivity index (χ3n) is 2.47. The highest BCUT2D eigenvalue weighted by atomic mass is 32.1. The van der Waals surface area contributed by atoms with Crippen molar-refractivity contribution < 1.29 is 9.53 Å². The van der Waals surface area contributed by atoms with Gasteiger partial charge in [0.1, 0.15) is 10.8 Å². The Hall–Kier alpha value is -2.15. The van der Waals surface area contributed by atoms with Crippen LogP contribution < -0.4 is 15.8 Å². The van der Waals surface area contributed by atoms with E-state index in [1.807, 2.05) is 6.92 Å². The Labute approximate surface area is 121 Å². The van der Waals surface area contributed by atoms with Crippen molar-refractivity contribution in [1.82, 2.24) is 10.2 Å². The number of anilines is 2. The summed E-state index contributed by atoms with van der Waals surface area (Å²) >= 11 is 1.38.